The summed E-state index contributed by atoms with van der Waals surface area (Å²) in [7, 11) is 1.37. The SMILES string of the molecule is Cc1cc2cc(CNC(=O)c3cccc(S(=O)(=O)N(C)C)c3)ccc2n1C. The average molecular weight is 385 g/mol. The Labute approximate surface area is 159 Å². The maximum atomic E-state index is 12.5. The van der Waals surface area contributed by atoms with Crippen LogP contribution in [0.4, 0.5) is 0 Å². The maximum Gasteiger partial charge on any atom is 0.251 e. The zero-order valence-corrected chi connectivity index (χ0v) is 16.7. The van der Waals surface area contributed by atoms with Crippen molar-refractivity contribution in [2.75, 3.05) is 14.1 Å². The minimum absolute atomic E-state index is 0.0985. The molecule has 142 valence electrons. The average Bonchev–Trinajstić information content (AvgIpc) is 2.93. The Kier molecular flexibility index (Phi) is 5.08. The maximum absolute atomic E-state index is 12.5. The minimum atomic E-state index is -3.58. The summed E-state index contributed by atoms with van der Waals surface area (Å²) in [6.45, 7) is 2.42. The number of carbonyl (C=O) groups is 1. The van der Waals surface area contributed by atoms with Crippen molar-refractivity contribution in [2.45, 2.75) is 18.4 Å². The molecule has 1 N–H and O–H groups in total. The Bertz CT molecular complexity index is 1110. The van der Waals surface area contributed by atoms with Gasteiger partial charge in [-0.2, -0.15) is 0 Å². The Morgan fingerprint density at radius 2 is 1.85 bits per heavy atom. The summed E-state index contributed by atoms with van der Waals surface area (Å²) in [4.78, 5) is 12.6. The highest BCUT2D eigenvalue weighted by molar-refractivity contribution is 7.89. The van der Waals surface area contributed by atoms with Gasteiger partial charge in [-0.1, -0.05) is 12.1 Å². The first-order valence-electron chi connectivity index (χ1n) is 8.56. The van der Waals surface area contributed by atoms with E-state index in [0.717, 1.165) is 20.8 Å². The fraction of sp³-hybridized carbons (Fsp3) is 0.250. The van der Waals surface area contributed by atoms with Crippen molar-refractivity contribution in [3.63, 3.8) is 0 Å². The van der Waals surface area contributed by atoms with E-state index in [9.17, 15) is 13.2 Å². The molecule has 0 radical (unpaired) electrons. The van der Waals surface area contributed by atoms with Crippen LogP contribution in [0.15, 0.2) is 53.4 Å². The molecule has 1 heterocycles. The van der Waals surface area contributed by atoms with Gasteiger partial charge in [-0.15, -0.1) is 0 Å². The summed E-state index contributed by atoms with van der Waals surface area (Å²) in [5.74, 6) is -0.310. The third-order valence-electron chi connectivity index (χ3n) is 4.67. The summed E-state index contributed by atoms with van der Waals surface area (Å²) >= 11 is 0. The Morgan fingerprint density at radius 1 is 1.11 bits per heavy atom. The highest BCUT2D eigenvalue weighted by Crippen LogP contribution is 2.20. The Balaban J connectivity index is 1.76. The zero-order chi connectivity index (χ0) is 19.8. The monoisotopic (exact) mass is 385 g/mol. The predicted molar refractivity (Wildman–Crippen MR) is 106 cm³/mol. The molecule has 0 saturated heterocycles. The van der Waals surface area contributed by atoms with E-state index in [0.29, 0.717) is 12.1 Å². The number of rotatable bonds is 5. The summed E-state index contributed by atoms with van der Waals surface area (Å²) in [6.07, 6.45) is 0. The van der Waals surface area contributed by atoms with Crippen LogP contribution in [0, 0.1) is 6.92 Å². The zero-order valence-electron chi connectivity index (χ0n) is 15.9. The smallest absolute Gasteiger partial charge is 0.251 e. The highest BCUT2D eigenvalue weighted by atomic mass is 32.2. The van der Waals surface area contributed by atoms with Crippen molar-refractivity contribution in [1.82, 2.24) is 14.2 Å². The molecule has 0 unspecified atom stereocenters. The van der Waals surface area contributed by atoms with Gasteiger partial charge in [0.1, 0.15) is 0 Å². The van der Waals surface area contributed by atoms with Crippen LogP contribution >= 0.6 is 0 Å². The summed E-state index contributed by atoms with van der Waals surface area (Å²) in [5, 5.41) is 3.98. The second kappa shape index (κ2) is 7.17. The molecule has 0 fully saturated rings. The normalized spacial score (nSPS) is 11.9. The molecule has 27 heavy (non-hydrogen) atoms. The molecule has 0 spiro atoms. The lowest BCUT2D eigenvalue weighted by Crippen LogP contribution is -2.25. The van der Waals surface area contributed by atoms with Crippen LogP contribution in [0.25, 0.3) is 10.9 Å². The Hall–Kier alpha value is -2.64. The highest BCUT2D eigenvalue weighted by Gasteiger charge is 2.18. The van der Waals surface area contributed by atoms with E-state index in [-0.39, 0.29) is 10.8 Å². The van der Waals surface area contributed by atoms with Gasteiger partial charge in [-0.3, -0.25) is 4.79 Å². The molecule has 7 heteroatoms. The van der Waals surface area contributed by atoms with E-state index < -0.39 is 10.0 Å². The summed E-state index contributed by atoms with van der Waals surface area (Å²) in [6, 6.07) is 14.2. The quantitative estimate of drug-likeness (QED) is 0.734. The van der Waals surface area contributed by atoms with Gasteiger partial charge in [0.05, 0.1) is 4.90 Å². The predicted octanol–water partition coefficient (Wildman–Crippen LogP) is 2.67. The first-order chi connectivity index (χ1) is 12.7. The summed E-state index contributed by atoms with van der Waals surface area (Å²) in [5.41, 5.74) is 3.61. The van der Waals surface area contributed by atoms with Gasteiger partial charge in [0.15, 0.2) is 0 Å². The largest absolute Gasteiger partial charge is 0.348 e. The molecule has 0 saturated carbocycles. The van der Waals surface area contributed by atoms with E-state index in [1.165, 1.54) is 31.9 Å². The van der Waals surface area contributed by atoms with Gasteiger partial charge in [0, 0.05) is 49.8 Å². The fourth-order valence-corrected chi connectivity index (χ4v) is 3.89. The van der Waals surface area contributed by atoms with Crippen LogP contribution in [-0.2, 0) is 23.6 Å². The topological polar surface area (TPSA) is 71.4 Å². The fourth-order valence-electron chi connectivity index (χ4n) is 2.94. The van der Waals surface area contributed by atoms with Crippen molar-refractivity contribution in [2.24, 2.45) is 7.05 Å². The molecule has 6 nitrogen and oxygen atoms in total. The molecule has 1 amide bonds. The molecular formula is C20H23N3O3S. The second-order valence-electron chi connectivity index (χ2n) is 6.74. The van der Waals surface area contributed by atoms with Gasteiger partial charge in [0.2, 0.25) is 10.0 Å². The lowest BCUT2D eigenvalue weighted by Gasteiger charge is -2.12. The van der Waals surface area contributed by atoms with E-state index >= 15 is 0 Å². The van der Waals surface area contributed by atoms with Crippen molar-refractivity contribution in [3.8, 4) is 0 Å². The number of nitrogens with one attached hydrogen (secondary N) is 1. The molecule has 2 aromatic carbocycles. The molecule has 0 bridgehead atoms. The number of nitrogens with zero attached hydrogens (tertiary/aromatic N) is 2. The number of fused-ring (bicyclic) bond motifs is 1. The molecular weight excluding hydrogens is 362 g/mol. The lowest BCUT2D eigenvalue weighted by molar-refractivity contribution is 0.0950. The lowest BCUT2D eigenvalue weighted by atomic mass is 10.1. The molecule has 3 rings (SSSR count). The number of amides is 1. The number of aryl methyl sites for hydroxylation is 2. The third-order valence-corrected chi connectivity index (χ3v) is 6.49. The van der Waals surface area contributed by atoms with E-state index in [1.807, 2.05) is 19.2 Å². The number of benzene rings is 2. The first kappa shape index (κ1) is 19.1. The first-order valence-corrected chi connectivity index (χ1v) is 10.00. The van der Waals surface area contributed by atoms with Gasteiger partial charge >= 0.3 is 0 Å². The Morgan fingerprint density at radius 3 is 2.56 bits per heavy atom. The van der Waals surface area contributed by atoms with Gasteiger partial charge in [-0.25, -0.2) is 12.7 Å². The van der Waals surface area contributed by atoms with Gasteiger partial charge < -0.3 is 9.88 Å². The minimum Gasteiger partial charge on any atom is -0.348 e. The molecule has 3 aromatic rings. The van der Waals surface area contributed by atoms with Crippen LogP contribution in [0.5, 0.6) is 0 Å². The van der Waals surface area contributed by atoms with Crippen LogP contribution in [0.1, 0.15) is 21.6 Å². The van der Waals surface area contributed by atoms with Gasteiger partial charge in [0.25, 0.3) is 5.91 Å². The van der Waals surface area contributed by atoms with E-state index in [1.54, 1.807) is 12.1 Å². The number of hydrogen-bond donors (Lipinski definition) is 1. The molecule has 0 aliphatic heterocycles. The number of sulfonamides is 1. The van der Waals surface area contributed by atoms with Gasteiger partial charge in [-0.05, 0) is 48.9 Å². The van der Waals surface area contributed by atoms with Crippen LogP contribution in [-0.4, -0.2) is 37.3 Å². The van der Waals surface area contributed by atoms with Crippen molar-refractivity contribution in [3.05, 3.63) is 65.4 Å². The van der Waals surface area contributed by atoms with Crippen LogP contribution < -0.4 is 5.32 Å². The van der Waals surface area contributed by atoms with Crippen LogP contribution in [0.2, 0.25) is 0 Å². The summed E-state index contributed by atoms with van der Waals surface area (Å²) < 4.78 is 27.7. The van der Waals surface area contributed by atoms with Crippen molar-refractivity contribution >= 4 is 26.8 Å². The molecule has 0 aliphatic carbocycles. The molecule has 1 aromatic heterocycles. The van der Waals surface area contributed by atoms with E-state index in [4.69, 9.17) is 0 Å². The molecule has 0 atom stereocenters. The standard InChI is InChI=1S/C20H23N3O3S/c1-14-10-17-11-15(8-9-19(17)23(14)4)13-21-20(24)16-6-5-7-18(12-16)27(25,26)22(2)3/h5-12H,13H2,1-4H3,(H,21,24). The number of carbonyl (C=O) groups excluding carboxylic acids is 1. The number of aromatic nitrogens is 1. The molecule has 0 aliphatic rings. The third kappa shape index (κ3) is 3.74. The van der Waals surface area contributed by atoms with Crippen LogP contribution in [0.3, 0.4) is 0 Å². The second-order valence-corrected chi connectivity index (χ2v) is 8.89. The number of hydrogen-bond acceptors (Lipinski definition) is 3. The van der Waals surface area contributed by atoms with Crippen molar-refractivity contribution < 1.29 is 13.2 Å². The van der Waals surface area contributed by atoms with Crippen molar-refractivity contribution in [1.29, 1.82) is 0 Å². The van der Waals surface area contributed by atoms with E-state index in [2.05, 4.69) is 28.9 Å².